The Balaban J connectivity index is 1.90. The molecule has 2 aromatic rings. The highest BCUT2D eigenvalue weighted by molar-refractivity contribution is 5.92. The van der Waals surface area contributed by atoms with Gasteiger partial charge in [0.1, 0.15) is 0 Å². The fourth-order valence-electron chi connectivity index (χ4n) is 1.98. The Morgan fingerprint density at radius 2 is 1.54 bits per heavy atom. The first-order valence-electron chi connectivity index (χ1n) is 7.97. The molecule has 0 fully saturated rings. The summed E-state index contributed by atoms with van der Waals surface area (Å²) in [4.78, 5) is 16.0. The topological polar surface area (TPSA) is 79.5 Å². The van der Waals surface area contributed by atoms with Crippen molar-refractivity contribution in [3.63, 3.8) is 0 Å². The molecule has 5 nitrogen and oxygen atoms in total. The van der Waals surface area contributed by atoms with Crippen molar-refractivity contribution in [2.45, 2.75) is 27.3 Å². The molecule has 0 aliphatic rings. The fraction of sp³-hybridized carbons (Fsp3) is 0.263. The third-order valence-corrected chi connectivity index (χ3v) is 3.50. The zero-order valence-corrected chi connectivity index (χ0v) is 14.3. The Kier molecular flexibility index (Phi) is 5.95. The van der Waals surface area contributed by atoms with Crippen LogP contribution in [0.1, 0.15) is 25.0 Å². The minimum Gasteiger partial charge on any atom is -0.370 e. The quantitative estimate of drug-likeness (QED) is 0.581. The van der Waals surface area contributed by atoms with E-state index in [1.807, 2.05) is 69.3 Å². The molecule has 1 amide bonds. The van der Waals surface area contributed by atoms with Crippen LogP contribution in [0.2, 0.25) is 0 Å². The molecule has 0 aromatic heterocycles. The highest BCUT2D eigenvalue weighted by Crippen LogP contribution is 2.12. The van der Waals surface area contributed by atoms with E-state index >= 15 is 0 Å². The first kappa shape index (κ1) is 17.5. The number of hydrogen-bond donors (Lipinski definition) is 3. The smallest absolute Gasteiger partial charge is 0.226 e. The number of anilines is 2. The zero-order valence-electron chi connectivity index (χ0n) is 14.3. The summed E-state index contributed by atoms with van der Waals surface area (Å²) < 4.78 is 0. The van der Waals surface area contributed by atoms with Gasteiger partial charge in [-0.05, 0) is 36.8 Å². The van der Waals surface area contributed by atoms with Gasteiger partial charge in [-0.15, -0.1) is 0 Å². The summed E-state index contributed by atoms with van der Waals surface area (Å²) in [7, 11) is 0. The molecule has 0 atom stereocenters. The van der Waals surface area contributed by atoms with Crippen molar-refractivity contribution in [1.82, 2.24) is 0 Å². The average molecular weight is 324 g/mol. The molecule has 0 spiro atoms. The van der Waals surface area contributed by atoms with Gasteiger partial charge in [0, 0.05) is 17.3 Å². The number of carbonyl (C=O) groups excluding carboxylic acids is 1. The van der Waals surface area contributed by atoms with Crippen molar-refractivity contribution < 1.29 is 4.79 Å². The van der Waals surface area contributed by atoms with E-state index in [1.165, 1.54) is 5.56 Å². The van der Waals surface area contributed by atoms with E-state index in [0.29, 0.717) is 12.5 Å². The number of nitrogens with two attached hydrogens (primary N) is 1. The highest BCUT2D eigenvalue weighted by atomic mass is 16.1. The van der Waals surface area contributed by atoms with Crippen LogP contribution in [-0.4, -0.2) is 11.9 Å². The molecule has 0 radical (unpaired) electrons. The first-order chi connectivity index (χ1) is 11.4. The molecule has 0 saturated carbocycles. The van der Waals surface area contributed by atoms with E-state index in [9.17, 15) is 4.79 Å². The maximum absolute atomic E-state index is 11.6. The molecule has 0 aliphatic carbocycles. The van der Waals surface area contributed by atoms with E-state index in [1.54, 1.807) is 0 Å². The van der Waals surface area contributed by atoms with Crippen molar-refractivity contribution in [3.05, 3.63) is 59.7 Å². The van der Waals surface area contributed by atoms with Crippen molar-refractivity contribution in [2.24, 2.45) is 16.6 Å². The van der Waals surface area contributed by atoms with Crippen LogP contribution < -0.4 is 16.4 Å². The van der Waals surface area contributed by atoms with E-state index in [2.05, 4.69) is 15.6 Å². The van der Waals surface area contributed by atoms with Gasteiger partial charge in [-0.3, -0.25) is 4.79 Å². The standard InChI is InChI=1S/C19H24N4O/c1-13(2)18(24)22-16-10-6-15(7-11-16)12-21-19(20)23-17-8-4-14(3)5-9-17/h4-11,13H,12H2,1-3H3,(H,22,24)(H3,20,21,23). The van der Waals surface area contributed by atoms with Crippen LogP contribution >= 0.6 is 0 Å². The van der Waals surface area contributed by atoms with E-state index in [0.717, 1.165) is 16.9 Å². The Morgan fingerprint density at radius 3 is 2.12 bits per heavy atom. The lowest BCUT2D eigenvalue weighted by molar-refractivity contribution is -0.118. The lowest BCUT2D eigenvalue weighted by atomic mass is 10.2. The molecule has 0 bridgehead atoms. The number of amides is 1. The molecule has 0 aliphatic heterocycles. The van der Waals surface area contributed by atoms with Crippen LogP contribution in [0.3, 0.4) is 0 Å². The maximum atomic E-state index is 11.6. The number of rotatable bonds is 5. The van der Waals surface area contributed by atoms with E-state index < -0.39 is 0 Å². The Hall–Kier alpha value is -2.82. The number of carbonyl (C=O) groups is 1. The van der Waals surface area contributed by atoms with Gasteiger partial charge in [0.2, 0.25) is 5.91 Å². The predicted molar refractivity (Wildman–Crippen MR) is 100 cm³/mol. The van der Waals surface area contributed by atoms with E-state index in [4.69, 9.17) is 5.73 Å². The van der Waals surface area contributed by atoms with Gasteiger partial charge in [0.05, 0.1) is 6.54 Å². The molecule has 0 heterocycles. The SMILES string of the molecule is Cc1ccc(NC(N)=NCc2ccc(NC(=O)C(C)C)cc2)cc1. The molecule has 0 saturated heterocycles. The number of aryl methyl sites for hydroxylation is 1. The monoisotopic (exact) mass is 324 g/mol. The van der Waals surface area contributed by atoms with Gasteiger partial charge < -0.3 is 16.4 Å². The third kappa shape index (κ3) is 5.43. The van der Waals surface area contributed by atoms with Gasteiger partial charge in [-0.2, -0.15) is 0 Å². The van der Waals surface area contributed by atoms with E-state index in [-0.39, 0.29) is 11.8 Å². The number of guanidine groups is 1. The lowest BCUT2D eigenvalue weighted by Crippen LogP contribution is -2.22. The normalized spacial score (nSPS) is 11.4. The van der Waals surface area contributed by atoms with Gasteiger partial charge in [-0.25, -0.2) is 4.99 Å². The highest BCUT2D eigenvalue weighted by Gasteiger charge is 2.06. The fourth-order valence-corrected chi connectivity index (χ4v) is 1.98. The lowest BCUT2D eigenvalue weighted by Gasteiger charge is -2.08. The second kappa shape index (κ2) is 8.15. The van der Waals surface area contributed by atoms with Crippen molar-refractivity contribution in [1.29, 1.82) is 0 Å². The maximum Gasteiger partial charge on any atom is 0.226 e. The minimum absolute atomic E-state index is 0.00677. The Morgan fingerprint density at radius 1 is 1.00 bits per heavy atom. The molecule has 24 heavy (non-hydrogen) atoms. The minimum atomic E-state index is -0.0399. The number of aliphatic imine (C=N–C) groups is 1. The van der Waals surface area contributed by atoms with Crippen LogP contribution in [0.5, 0.6) is 0 Å². The van der Waals surface area contributed by atoms with Crippen LogP contribution in [0.25, 0.3) is 0 Å². The largest absolute Gasteiger partial charge is 0.370 e. The summed E-state index contributed by atoms with van der Waals surface area (Å²) in [5.74, 6) is 0.338. The van der Waals surface area contributed by atoms with Crippen LogP contribution in [0.4, 0.5) is 11.4 Å². The molecule has 2 aromatic carbocycles. The summed E-state index contributed by atoms with van der Waals surface area (Å²) in [6.45, 7) is 6.24. The van der Waals surface area contributed by atoms with Crippen LogP contribution in [0.15, 0.2) is 53.5 Å². The van der Waals surface area contributed by atoms with Crippen molar-refractivity contribution in [2.75, 3.05) is 10.6 Å². The number of nitrogens with zero attached hydrogens (tertiary/aromatic N) is 1. The summed E-state index contributed by atoms with van der Waals surface area (Å²) in [5, 5.41) is 5.92. The van der Waals surface area contributed by atoms with Crippen LogP contribution in [0, 0.1) is 12.8 Å². The second-order valence-corrected chi connectivity index (χ2v) is 6.03. The first-order valence-corrected chi connectivity index (χ1v) is 7.97. The molecule has 126 valence electrons. The molecule has 2 rings (SSSR count). The van der Waals surface area contributed by atoms with Crippen molar-refractivity contribution >= 4 is 23.2 Å². The number of hydrogen-bond acceptors (Lipinski definition) is 2. The summed E-state index contributed by atoms with van der Waals surface area (Å²) in [5.41, 5.74) is 9.81. The second-order valence-electron chi connectivity index (χ2n) is 6.03. The summed E-state index contributed by atoms with van der Waals surface area (Å²) in [6.07, 6.45) is 0. The number of nitrogens with one attached hydrogen (secondary N) is 2. The van der Waals surface area contributed by atoms with Gasteiger partial charge >= 0.3 is 0 Å². The zero-order chi connectivity index (χ0) is 17.5. The summed E-state index contributed by atoms with van der Waals surface area (Å²) >= 11 is 0. The van der Waals surface area contributed by atoms with Gasteiger partial charge in [-0.1, -0.05) is 43.7 Å². The van der Waals surface area contributed by atoms with Crippen LogP contribution in [-0.2, 0) is 11.3 Å². The average Bonchev–Trinajstić information content (AvgIpc) is 2.56. The Bertz CT molecular complexity index is 703. The van der Waals surface area contributed by atoms with Gasteiger partial charge in [0.25, 0.3) is 0 Å². The third-order valence-electron chi connectivity index (χ3n) is 3.50. The molecule has 5 heteroatoms. The van der Waals surface area contributed by atoms with Crippen molar-refractivity contribution in [3.8, 4) is 0 Å². The van der Waals surface area contributed by atoms with Gasteiger partial charge in [0.15, 0.2) is 5.96 Å². The molecule has 0 unspecified atom stereocenters. The molecule has 4 N–H and O–H groups in total. The molecular formula is C19H24N4O. The Labute approximate surface area is 143 Å². The summed E-state index contributed by atoms with van der Waals surface area (Å²) in [6, 6.07) is 15.5. The predicted octanol–water partition coefficient (Wildman–Crippen LogP) is 3.52. The number of benzene rings is 2. The molecular weight excluding hydrogens is 300 g/mol.